The number of nitrogens with one attached hydrogen (secondary N) is 1. The molecule has 3 amide bonds. The molecule has 3 rings (SSSR count). The number of primary amides is 1. The molecular weight excluding hydrogens is 344 g/mol. The Hall–Kier alpha value is -2.41. The highest BCUT2D eigenvalue weighted by atomic mass is 16.2. The summed E-state index contributed by atoms with van der Waals surface area (Å²) < 4.78 is 0. The summed E-state index contributed by atoms with van der Waals surface area (Å²) in [5, 5.41) is 2.88. The predicted octanol–water partition coefficient (Wildman–Crippen LogP) is 1.45. The maximum Gasteiger partial charge on any atom is 0.248 e. The van der Waals surface area contributed by atoms with E-state index in [0.29, 0.717) is 24.2 Å². The first-order valence-electron chi connectivity index (χ1n) is 9.61. The number of anilines is 1. The van der Waals surface area contributed by atoms with Crippen LogP contribution in [0.1, 0.15) is 43.0 Å². The van der Waals surface area contributed by atoms with E-state index in [4.69, 9.17) is 5.73 Å². The molecule has 27 heavy (non-hydrogen) atoms. The zero-order valence-electron chi connectivity index (χ0n) is 15.9. The van der Waals surface area contributed by atoms with Crippen molar-refractivity contribution < 1.29 is 14.4 Å². The predicted molar refractivity (Wildman–Crippen MR) is 103 cm³/mol. The molecule has 2 aliphatic rings. The average Bonchev–Trinajstić information content (AvgIpc) is 2.64. The molecule has 0 bridgehead atoms. The van der Waals surface area contributed by atoms with E-state index >= 15 is 0 Å². The molecule has 146 valence electrons. The zero-order valence-corrected chi connectivity index (χ0v) is 15.9. The average molecular weight is 372 g/mol. The van der Waals surface area contributed by atoms with E-state index in [2.05, 4.69) is 10.2 Å². The summed E-state index contributed by atoms with van der Waals surface area (Å²) in [6, 6.07) is 6.57. The van der Waals surface area contributed by atoms with Gasteiger partial charge < -0.3 is 16.0 Å². The molecule has 0 aromatic heterocycles. The molecule has 3 N–H and O–H groups in total. The number of hydrogen-bond donors (Lipinski definition) is 2. The van der Waals surface area contributed by atoms with Gasteiger partial charge in [0.05, 0.1) is 6.54 Å². The van der Waals surface area contributed by atoms with Gasteiger partial charge in [0, 0.05) is 42.7 Å². The van der Waals surface area contributed by atoms with Gasteiger partial charge in [-0.15, -0.1) is 0 Å². The third-order valence-electron chi connectivity index (χ3n) is 5.69. The Morgan fingerprint density at radius 1 is 1.19 bits per heavy atom. The minimum Gasteiger partial charge on any atom is -0.366 e. The Morgan fingerprint density at radius 2 is 1.93 bits per heavy atom. The lowest BCUT2D eigenvalue weighted by Gasteiger charge is -2.48. The van der Waals surface area contributed by atoms with Gasteiger partial charge in [-0.05, 0) is 57.0 Å². The SMILES string of the molecule is CCN1C[C@@]2(CCCN(CC(=O)Nc3ccc(C(N)=O)cc3)C2)CCC1=O. The molecule has 7 nitrogen and oxygen atoms in total. The van der Waals surface area contributed by atoms with Gasteiger partial charge in [-0.2, -0.15) is 0 Å². The van der Waals surface area contributed by atoms with Gasteiger partial charge in [-0.1, -0.05) is 0 Å². The van der Waals surface area contributed by atoms with E-state index in [1.54, 1.807) is 24.3 Å². The molecule has 2 heterocycles. The van der Waals surface area contributed by atoms with E-state index in [1.807, 2.05) is 11.8 Å². The number of carbonyl (C=O) groups is 3. The fraction of sp³-hybridized carbons (Fsp3) is 0.550. The highest BCUT2D eigenvalue weighted by Gasteiger charge is 2.41. The minimum atomic E-state index is -0.487. The molecule has 1 aromatic rings. The highest BCUT2D eigenvalue weighted by molar-refractivity contribution is 5.95. The summed E-state index contributed by atoms with van der Waals surface area (Å²) in [5.41, 5.74) is 6.41. The normalized spacial score (nSPS) is 23.4. The van der Waals surface area contributed by atoms with Crippen molar-refractivity contribution in [2.45, 2.75) is 32.6 Å². The molecule has 7 heteroatoms. The van der Waals surface area contributed by atoms with Crippen molar-refractivity contribution in [3.05, 3.63) is 29.8 Å². The molecule has 0 saturated carbocycles. The van der Waals surface area contributed by atoms with Crippen molar-refractivity contribution in [1.82, 2.24) is 9.80 Å². The Labute approximate surface area is 159 Å². The summed E-state index contributed by atoms with van der Waals surface area (Å²) in [5.74, 6) is -0.311. The van der Waals surface area contributed by atoms with Gasteiger partial charge in [-0.3, -0.25) is 19.3 Å². The van der Waals surface area contributed by atoms with Gasteiger partial charge in [0.15, 0.2) is 0 Å². The summed E-state index contributed by atoms with van der Waals surface area (Å²) in [7, 11) is 0. The summed E-state index contributed by atoms with van der Waals surface area (Å²) >= 11 is 0. The van der Waals surface area contributed by atoms with Crippen LogP contribution in [0, 0.1) is 5.41 Å². The topological polar surface area (TPSA) is 95.7 Å². The van der Waals surface area contributed by atoms with E-state index < -0.39 is 5.91 Å². The Balaban J connectivity index is 1.56. The quantitative estimate of drug-likeness (QED) is 0.818. The maximum atomic E-state index is 12.4. The van der Waals surface area contributed by atoms with Crippen LogP contribution in [0.5, 0.6) is 0 Å². The van der Waals surface area contributed by atoms with Crippen molar-refractivity contribution >= 4 is 23.4 Å². The minimum absolute atomic E-state index is 0.0712. The van der Waals surface area contributed by atoms with Gasteiger partial charge in [0.25, 0.3) is 0 Å². The summed E-state index contributed by atoms with van der Waals surface area (Å²) in [4.78, 5) is 39.7. The van der Waals surface area contributed by atoms with E-state index in [-0.39, 0.29) is 17.2 Å². The van der Waals surface area contributed by atoms with Crippen LogP contribution < -0.4 is 11.1 Å². The number of hydrogen-bond acceptors (Lipinski definition) is 4. The van der Waals surface area contributed by atoms with Crippen LogP contribution in [-0.2, 0) is 9.59 Å². The summed E-state index contributed by atoms with van der Waals surface area (Å²) in [6.07, 6.45) is 3.69. The van der Waals surface area contributed by atoms with Crippen LogP contribution in [0.2, 0.25) is 0 Å². The van der Waals surface area contributed by atoms with Crippen molar-refractivity contribution in [2.75, 3.05) is 38.0 Å². The molecule has 1 aromatic carbocycles. The molecular formula is C20H28N4O3. The third-order valence-corrected chi connectivity index (χ3v) is 5.69. The molecule has 2 saturated heterocycles. The highest BCUT2D eigenvalue weighted by Crippen LogP contribution is 2.38. The zero-order chi connectivity index (χ0) is 19.4. The number of nitrogens with two attached hydrogens (primary N) is 1. The number of amides is 3. The van der Waals surface area contributed by atoms with Crippen molar-refractivity contribution in [2.24, 2.45) is 11.1 Å². The van der Waals surface area contributed by atoms with Gasteiger partial charge in [-0.25, -0.2) is 0 Å². The molecule has 0 unspecified atom stereocenters. The van der Waals surface area contributed by atoms with E-state index in [9.17, 15) is 14.4 Å². The second-order valence-electron chi connectivity index (χ2n) is 7.71. The second kappa shape index (κ2) is 8.08. The molecule has 0 radical (unpaired) electrons. The van der Waals surface area contributed by atoms with Crippen molar-refractivity contribution in [1.29, 1.82) is 0 Å². The van der Waals surface area contributed by atoms with Crippen LogP contribution >= 0.6 is 0 Å². The molecule has 1 atom stereocenters. The number of nitrogens with zero attached hydrogens (tertiary/aromatic N) is 2. The first-order valence-corrected chi connectivity index (χ1v) is 9.61. The van der Waals surface area contributed by atoms with Crippen LogP contribution in [-0.4, -0.2) is 60.2 Å². The molecule has 2 fully saturated rings. The Kier molecular flexibility index (Phi) is 5.79. The summed E-state index contributed by atoms with van der Waals surface area (Å²) in [6.45, 7) is 5.66. The Bertz CT molecular complexity index is 718. The maximum absolute atomic E-state index is 12.4. The van der Waals surface area contributed by atoms with Gasteiger partial charge in [0.1, 0.15) is 0 Å². The van der Waals surface area contributed by atoms with Crippen LogP contribution in [0.4, 0.5) is 5.69 Å². The smallest absolute Gasteiger partial charge is 0.248 e. The Morgan fingerprint density at radius 3 is 2.59 bits per heavy atom. The van der Waals surface area contributed by atoms with Gasteiger partial charge >= 0.3 is 0 Å². The lowest BCUT2D eigenvalue weighted by molar-refractivity contribution is -0.139. The van der Waals surface area contributed by atoms with E-state index in [1.165, 1.54) is 0 Å². The van der Waals surface area contributed by atoms with Crippen LogP contribution in [0.25, 0.3) is 0 Å². The number of benzene rings is 1. The van der Waals surface area contributed by atoms with Crippen LogP contribution in [0.15, 0.2) is 24.3 Å². The molecule has 1 spiro atoms. The lowest BCUT2D eigenvalue weighted by Crippen LogP contribution is -2.54. The monoisotopic (exact) mass is 372 g/mol. The molecule has 0 aliphatic carbocycles. The fourth-order valence-corrected chi connectivity index (χ4v) is 4.29. The number of piperidine rings is 2. The molecule has 2 aliphatic heterocycles. The number of rotatable bonds is 5. The van der Waals surface area contributed by atoms with Crippen molar-refractivity contribution in [3.8, 4) is 0 Å². The first-order chi connectivity index (χ1) is 12.9. The fourth-order valence-electron chi connectivity index (χ4n) is 4.29. The standard InChI is InChI=1S/C20H28N4O3/c1-2-24-14-20(10-8-18(24)26)9-3-11-23(13-20)12-17(25)22-16-6-4-15(5-7-16)19(21)27/h4-7H,2-3,8-14H2,1H3,(H2,21,27)(H,22,25)/t20-/m0/s1. The van der Waals surface area contributed by atoms with Crippen molar-refractivity contribution in [3.63, 3.8) is 0 Å². The van der Waals surface area contributed by atoms with Gasteiger partial charge in [0.2, 0.25) is 17.7 Å². The first kappa shape index (κ1) is 19.4. The third kappa shape index (κ3) is 4.66. The number of likely N-dealkylation sites (tertiary alicyclic amines) is 2. The second-order valence-corrected chi connectivity index (χ2v) is 7.71. The largest absolute Gasteiger partial charge is 0.366 e. The van der Waals surface area contributed by atoms with E-state index in [0.717, 1.165) is 45.4 Å². The lowest BCUT2D eigenvalue weighted by atomic mass is 9.73. The van der Waals surface area contributed by atoms with Crippen LogP contribution in [0.3, 0.4) is 0 Å². The number of carbonyl (C=O) groups excluding carboxylic acids is 3.